The summed E-state index contributed by atoms with van der Waals surface area (Å²) in [6.07, 6.45) is -0.225. The molecule has 0 spiro atoms. The zero-order chi connectivity index (χ0) is 8.27. The fourth-order valence-electron chi connectivity index (χ4n) is 0.808. The lowest BCUT2D eigenvalue weighted by atomic mass is 10.2. The summed E-state index contributed by atoms with van der Waals surface area (Å²) < 4.78 is 0. The second-order valence-corrected chi connectivity index (χ2v) is 3.46. The lowest BCUT2D eigenvalue weighted by Crippen LogP contribution is -2.15. The standard InChI is InChI=1S/C7H11NO2S/c1-5-8-6(4-11-5)2-7(10)3-9/h4,7,9-10H,2-3H2,1H3. The van der Waals surface area contributed by atoms with Gasteiger partial charge >= 0.3 is 0 Å². The maximum absolute atomic E-state index is 9.04. The second-order valence-electron chi connectivity index (χ2n) is 2.40. The van der Waals surface area contributed by atoms with E-state index in [1.807, 2.05) is 12.3 Å². The third-order valence-electron chi connectivity index (χ3n) is 1.32. The quantitative estimate of drug-likeness (QED) is 0.693. The summed E-state index contributed by atoms with van der Waals surface area (Å²) in [6, 6.07) is 0. The van der Waals surface area contributed by atoms with Crippen LogP contribution in [0.25, 0.3) is 0 Å². The van der Waals surface area contributed by atoms with E-state index in [1.165, 1.54) is 0 Å². The van der Waals surface area contributed by atoms with E-state index < -0.39 is 6.10 Å². The summed E-state index contributed by atoms with van der Waals surface area (Å²) >= 11 is 1.55. The van der Waals surface area contributed by atoms with Crippen molar-refractivity contribution in [1.29, 1.82) is 0 Å². The number of nitrogens with zero attached hydrogens (tertiary/aromatic N) is 1. The summed E-state index contributed by atoms with van der Waals surface area (Å²) in [4.78, 5) is 4.15. The van der Waals surface area contributed by atoms with Crippen LogP contribution >= 0.6 is 11.3 Å². The Balaban J connectivity index is 2.50. The molecule has 0 aliphatic carbocycles. The number of aryl methyl sites for hydroxylation is 1. The minimum absolute atomic E-state index is 0.198. The van der Waals surface area contributed by atoms with E-state index in [0.717, 1.165) is 10.7 Å². The minimum atomic E-state index is -0.670. The Labute approximate surface area is 69.3 Å². The molecule has 0 saturated heterocycles. The molecule has 3 nitrogen and oxygen atoms in total. The smallest absolute Gasteiger partial charge is 0.0897 e. The molecule has 1 atom stereocenters. The summed E-state index contributed by atoms with van der Waals surface area (Å²) in [5.41, 5.74) is 0.856. The summed E-state index contributed by atoms with van der Waals surface area (Å²) in [7, 11) is 0. The van der Waals surface area contributed by atoms with Gasteiger partial charge in [0.2, 0.25) is 0 Å². The van der Waals surface area contributed by atoms with E-state index >= 15 is 0 Å². The fourth-order valence-corrected chi connectivity index (χ4v) is 1.43. The van der Waals surface area contributed by atoms with Gasteiger partial charge in [0.05, 0.1) is 23.4 Å². The van der Waals surface area contributed by atoms with Gasteiger partial charge in [0.15, 0.2) is 0 Å². The Kier molecular flexibility index (Phi) is 2.99. The van der Waals surface area contributed by atoms with Crippen LogP contribution in [0.15, 0.2) is 5.38 Å². The topological polar surface area (TPSA) is 53.4 Å². The highest BCUT2D eigenvalue weighted by atomic mass is 32.1. The van der Waals surface area contributed by atoms with E-state index in [0.29, 0.717) is 6.42 Å². The van der Waals surface area contributed by atoms with E-state index in [1.54, 1.807) is 11.3 Å². The van der Waals surface area contributed by atoms with Crippen molar-refractivity contribution in [3.8, 4) is 0 Å². The molecule has 0 bridgehead atoms. The van der Waals surface area contributed by atoms with Crippen molar-refractivity contribution >= 4 is 11.3 Å². The number of aromatic nitrogens is 1. The molecule has 62 valence electrons. The number of aliphatic hydroxyl groups excluding tert-OH is 2. The van der Waals surface area contributed by atoms with Crippen molar-refractivity contribution in [3.63, 3.8) is 0 Å². The molecule has 11 heavy (non-hydrogen) atoms. The van der Waals surface area contributed by atoms with Crippen molar-refractivity contribution in [2.24, 2.45) is 0 Å². The van der Waals surface area contributed by atoms with Gasteiger partial charge in [0.25, 0.3) is 0 Å². The van der Waals surface area contributed by atoms with Gasteiger partial charge < -0.3 is 10.2 Å². The Morgan fingerprint density at radius 1 is 1.73 bits per heavy atom. The van der Waals surface area contributed by atoms with Crippen LogP contribution in [-0.4, -0.2) is 27.9 Å². The molecular weight excluding hydrogens is 162 g/mol. The first-order valence-corrected chi connectivity index (χ1v) is 4.30. The van der Waals surface area contributed by atoms with Crippen LogP contribution in [0.2, 0.25) is 0 Å². The van der Waals surface area contributed by atoms with Crippen molar-refractivity contribution in [1.82, 2.24) is 4.98 Å². The molecule has 0 saturated carbocycles. The van der Waals surface area contributed by atoms with Gasteiger partial charge in [-0.2, -0.15) is 0 Å². The predicted octanol–water partition coefficient (Wildman–Crippen LogP) is 0.347. The van der Waals surface area contributed by atoms with Crippen LogP contribution in [0.1, 0.15) is 10.7 Å². The minimum Gasteiger partial charge on any atom is -0.394 e. The van der Waals surface area contributed by atoms with E-state index in [4.69, 9.17) is 10.2 Å². The SMILES string of the molecule is Cc1nc(CC(O)CO)cs1. The van der Waals surface area contributed by atoms with Crippen LogP contribution in [-0.2, 0) is 6.42 Å². The number of rotatable bonds is 3. The highest BCUT2D eigenvalue weighted by Crippen LogP contribution is 2.09. The van der Waals surface area contributed by atoms with Crippen LogP contribution in [0.3, 0.4) is 0 Å². The third-order valence-corrected chi connectivity index (χ3v) is 2.14. The molecule has 2 N–H and O–H groups in total. The van der Waals surface area contributed by atoms with Crippen LogP contribution in [0.5, 0.6) is 0 Å². The largest absolute Gasteiger partial charge is 0.394 e. The van der Waals surface area contributed by atoms with Gasteiger partial charge in [-0.15, -0.1) is 11.3 Å². The first-order valence-electron chi connectivity index (χ1n) is 3.42. The molecule has 0 fully saturated rings. The lowest BCUT2D eigenvalue weighted by Gasteiger charge is -2.02. The number of aliphatic hydroxyl groups is 2. The first-order chi connectivity index (χ1) is 5.22. The molecule has 0 aromatic carbocycles. The highest BCUT2D eigenvalue weighted by molar-refractivity contribution is 7.09. The maximum Gasteiger partial charge on any atom is 0.0897 e. The molecule has 0 amide bonds. The highest BCUT2D eigenvalue weighted by Gasteiger charge is 2.05. The Morgan fingerprint density at radius 3 is 2.91 bits per heavy atom. The average molecular weight is 173 g/mol. The van der Waals surface area contributed by atoms with Crippen LogP contribution < -0.4 is 0 Å². The molecule has 1 aromatic heterocycles. The number of hydrogen-bond acceptors (Lipinski definition) is 4. The van der Waals surface area contributed by atoms with Gasteiger partial charge in [-0.05, 0) is 6.92 Å². The average Bonchev–Trinajstić information content (AvgIpc) is 2.35. The van der Waals surface area contributed by atoms with E-state index in [9.17, 15) is 0 Å². The van der Waals surface area contributed by atoms with Gasteiger partial charge in [0.1, 0.15) is 0 Å². The first kappa shape index (κ1) is 8.64. The lowest BCUT2D eigenvalue weighted by molar-refractivity contribution is 0.0948. The van der Waals surface area contributed by atoms with Gasteiger partial charge in [-0.3, -0.25) is 0 Å². The molecule has 0 aliphatic rings. The molecular formula is C7H11NO2S. The predicted molar refractivity (Wildman–Crippen MR) is 43.6 cm³/mol. The third kappa shape index (κ3) is 2.57. The number of thiazole rings is 1. The second kappa shape index (κ2) is 3.80. The van der Waals surface area contributed by atoms with Crippen LogP contribution in [0.4, 0.5) is 0 Å². The zero-order valence-corrected chi connectivity index (χ0v) is 7.14. The van der Waals surface area contributed by atoms with Crippen molar-refractivity contribution in [2.75, 3.05) is 6.61 Å². The normalized spacial score (nSPS) is 13.4. The molecule has 1 heterocycles. The van der Waals surface area contributed by atoms with Crippen molar-refractivity contribution < 1.29 is 10.2 Å². The van der Waals surface area contributed by atoms with Gasteiger partial charge in [-0.25, -0.2) is 4.98 Å². The van der Waals surface area contributed by atoms with Crippen molar-refractivity contribution in [2.45, 2.75) is 19.4 Å². The molecule has 1 rings (SSSR count). The summed E-state index contributed by atoms with van der Waals surface area (Å²) in [5, 5.41) is 20.5. The molecule has 0 aliphatic heterocycles. The van der Waals surface area contributed by atoms with Gasteiger partial charge in [0, 0.05) is 11.8 Å². The monoisotopic (exact) mass is 173 g/mol. The Bertz CT molecular complexity index is 224. The summed E-state index contributed by atoms with van der Waals surface area (Å²) in [5.74, 6) is 0. The molecule has 1 unspecified atom stereocenters. The zero-order valence-electron chi connectivity index (χ0n) is 6.32. The molecule has 4 heteroatoms. The Morgan fingerprint density at radius 2 is 2.45 bits per heavy atom. The summed E-state index contributed by atoms with van der Waals surface area (Å²) in [6.45, 7) is 1.72. The van der Waals surface area contributed by atoms with E-state index in [-0.39, 0.29) is 6.61 Å². The fraction of sp³-hybridized carbons (Fsp3) is 0.571. The van der Waals surface area contributed by atoms with E-state index in [2.05, 4.69) is 4.98 Å². The van der Waals surface area contributed by atoms with Crippen LogP contribution in [0, 0.1) is 6.92 Å². The molecule has 0 radical (unpaired) electrons. The molecule has 1 aromatic rings. The number of hydrogen-bond donors (Lipinski definition) is 2. The maximum atomic E-state index is 9.04. The van der Waals surface area contributed by atoms with Gasteiger partial charge in [-0.1, -0.05) is 0 Å². The van der Waals surface area contributed by atoms with Crippen molar-refractivity contribution in [3.05, 3.63) is 16.1 Å². The Hall–Kier alpha value is -0.450.